The molecule has 0 N–H and O–H groups in total. The number of halogens is 2. The number of carbonyl (C=O) groups is 4. The van der Waals surface area contributed by atoms with Crippen molar-refractivity contribution in [3.63, 3.8) is 0 Å². The Hall–Kier alpha value is -5.38. The molecule has 2 aromatic rings. The number of fused-ring (bicyclic) bond motifs is 2. The highest BCUT2D eigenvalue weighted by molar-refractivity contribution is 5.72. The Bertz CT molecular complexity index is 1880. The van der Waals surface area contributed by atoms with Crippen LogP contribution in [-0.4, -0.2) is 91.9 Å². The Balaban J connectivity index is 1.31. The third-order valence-electron chi connectivity index (χ3n) is 8.34. The molecule has 0 radical (unpaired) electrons. The molecule has 22 heteroatoms. The molecule has 4 fully saturated rings. The summed E-state index contributed by atoms with van der Waals surface area (Å²) in [7, 11) is 0. The minimum Gasteiger partial charge on any atom is -0.459 e. The first-order chi connectivity index (χ1) is 23.9. The number of nitrogens with zero attached hydrogens (tertiary/aromatic N) is 4. The zero-order valence-electron chi connectivity index (χ0n) is 27.1. The lowest BCUT2D eigenvalue weighted by Crippen LogP contribution is -2.49. The first-order valence-electron chi connectivity index (χ1n) is 15.4. The number of esters is 2. The van der Waals surface area contributed by atoms with Crippen molar-refractivity contribution in [1.29, 1.82) is 0 Å². The van der Waals surface area contributed by atoms with Crippen LogP contribution in [0.5, 0.6) is 0 Å². The summed E-state index contributed by atoms with van der Waals surface area (Å²) in [6, 6.07) is 1.60. The van der Waals surface area contributed by atoms with E-state index < -0.39 is 127 Å². The molecule has 6 heterocycles. The predicted octanol–water partition coefficient (Wildman–Crippen LogP) is -0.565. The van der Waals surface area contributed by atoms with Gasteiger partial charge in [-0.25, -0.2) is 37.1 Å². The fourth-order valence-electron chi connectivity index (χ4n) is 5.68. The van der Waals surface area contributed by atoms with E-state index in [4.69, 9.17) is 37.9 Å². The van der Waals surface area contributed by atoms with Crippen molar-refractivity contribution < 1.29 is 65.9 Å². The van der Waals surface area contributed by atoms with Crippen molar-refractivity contribution in [1.82, 2.24) is 18.3 Å². The van der Waals surface area contributed by atoms with E-state index >= 15 is 8.78 Å². The van der Waals surface area contributed by atoms with Gasteiger partial charge in [0.2, 0.25) is 12.2 Å². The predicted molar refractivity (Wildman–Crippen MR) is 155 cm³/mol. The lowest BCUT2D eigenvalue weighted by Gasteiger charge is -2.24. The summed E-state index contributed by atoms with van der Waals surface area (Å²) < 4.78 is 74.5. The molecule has 6 rings (SSSR count). The zero-order chi connectivity index (χ0) is 37.2. The zero-order valence-corrected chi connectivity index (χ0v) is 27.1. The Labute approximate surface area is 282 Å². The van der Waals surface area contributed by atoms with E-state index in [2.05, 4.69) is 0 Å². The van der Waals surface area contributed by atoms with Gasteiger partial charge in [-0.1, -0.05) is 27.7 Å². The molecule has 20 nitrogen and oxygen atoms in total. The summed E-state index contributed by atoms with van der Waals surface area (Å²) >= 11 is 0. The quantitative estimate of drug-likeness (QED) is 0.220. The maximum Gasteiger partial charge on any atom is 0.509 e. The highest BCUT2D eigenvalue weighted by atomic mass is 19.2. The van der Waals surface area contributed by atoms with E-state index in [1.165, 1.54) is 27.7 Å². The summed E-state index contributed by atoms with van der Waals surface area (Å²) in [6.45, 7) is 2.75. The van der Waals surface area contributed by atoms with Crippen molar-refractivity contribution in [2.24, 2.45) is 11.8 Å². The highest BCUT2D eigenvalue weighted by Gasteiger charge is 2.67. The van der Waals surface area contributed by atoms with Crippen LogP contribution in [0.2, 0.25) is 0 Å². The number of hydrogen-bond acceptors (Lipinski definition) is 16. The van der Waals surface area contributed by atoms with E-state index in [1.54, 1.807) is 0 Å². The Kier molecular flexibility index (Phi) is 8.86. The third-order valence-corrected chi connectivity index (χ3v) is 8.34. The van der Waals surface area contributed by atoms with Crippen LogP contribution < -0.4 is 22.5 Å². The van der Waals surface area contributed by atoms with Gasteiger partial charge in [0.25, 0.3) is 22.8 Å². The second kappa shape index (κ2) is 12.7. The molecule has 0 aromatic carbocycles. The van der Waals surface area contributed by atoms with E-state index in [0.717, 1.165) is 24.5 Å². The average molecular weight is 729 g/mol. The molecule has 4 aliphatic heterocycles. The fourth-order valence-corrected chi connectivity index (χ4v) is 5.68. The lowest BCUT2D eigenvalue weighted by atomic mass is 10.1. The summed E-state index contributed by atoms with van der Waals surface area (Å²) in [4.78, 5) is 101. The number of aromatic nitrogens is 4. The first kappa shape index (κ1) is 35.4. The van der Waals surface area contributed by atoms with Gasteiger partial charge < -0.3 is 37.9 Å². The van der Waals surface area contributed by atoms with Crippen LogP contribution in [0.1, 0.15) is 40.2 Å². The van der Waals surface area contributed by atoms with Crippen LogP contribution in [0.15, 0.2) is 43.7 Å². The van der Waals surface area contributed by atoms with Crippen molar-refractivity contribution in [3.05, 3.63) is 66.2 Å². The summed E-state index contributed by atoms with van der Waals surface area (Å²) in [5.41, 5.74) is -4.70. The minimum atomic E-state index is -3.00. The summed E-state index contributed by atoms with van der Waals surface area (Å²) in [5.74, 6) is -8.93. The molecule has 276 valence electrons. The maximum atomic E-state index is 16.0. The number of alkyl halides is 2. The molecule has 0 spiro atoms. The molecule has 0 bridgehead atoms. The fraction of sp³-hybridized carbons (Fsp3) is 0.586. The first-order valence-corrected chi connectivity index (χ1v) is 15.4. The van der Waals surface area contributed by atoms with Crippen molar-refractivity contribution in [3.8, 4) is 0 Å². The highest BCUT2D eigenvalue weighted by Crippen LogP contribution is 2.46. The van der Waals surface area contributed by atoms with Crippen LogP contribution >= 0.6 is 0 Å². The average Bonchev–Trinajstić information content (AvgIpc) is 3.79. The van der Waals surface area contributed by atoms with Gasteiger partial charge >= 0.3 is 35.6 Å². The smallest absolute Gasteiger partial charge is 0.459 e. The van der Waals surface area contributed by atoms with Gasteiger partial charge in [0.05, 0.1) is 11.8 Å². The molecule has 51 heavy (non-hydrogen) atoms. The largest absolute Gasteiger partial charge is 0.509 e. The minimum absolute atomic E-state index is 0.377. The van der Waals surface area contributed by atoms with Crippen LogP contribution in [0.25, 0.3) is 0 Å². The molecule has 0 unspecified atom stereocenters. The molecule has 0 saturated carbocycles. The van der Waals surface area contributed by atoms with Gasteiger partial charge in [-0.05, 0) is 0 Å². The second-order valence-electron chi connectivity index (χ2n) is 12.5. The molecular weight excluding hydrogens is 698 g/mol. The van der Waals surface area contributed by atoms with E-state index in [9.17, 15) is 38.4 Å². The molecule has 8 atom stereocenters. The van der Waals surface area contributed by atoms with E-state index in [1.807, 2.05) is 0 Å². The van der Waals surface area contributed by atoms with Crippen LogP contribution in [0.3, 0.4) is 0 Å². The lowest BCUT2D eigenvalue weighted by molar-refractivity contribution is -0.220. The third kappa shape index (κ3) is 6.17. The second-order valence-corrected chi connectivity index (χ2v) is 12.5. The maximum absolute atomic E-state index is 16.0. The van der Waals surface area contributed by atoms with Gasteiger partial charge in [-0.15, -0.1) is 0 Å². The monoisotopic (exact) mass is 728 g/mol. The van der Waals surface area contributed by atoms with Gasteiger partial charge in [0.15, 0.2) is 37.9 Å². The van der Waals surface area contributed by atoms with Crippen molar-refractivity contribution in [2.45, 2.75) is 82.9 Å². The Morgan fingerprint density at radius 3 is 1.41 bits per heavy atom. The van der Waals surface area contributed by atoms with Crippen LogP contribution in [-0.2, 0) is 54.2 Å². The summed E-state index contributed by atoms with van der Waals surface area (Å²) in [5, 5.41) is 0. The Morgan fingerprint density at radius 2 is 1.06 bits per heavy atom. The van der Waals surface area contributed by atoms with Crippen LogP contribution in [0, 0.1) is 11.8 Å². The summed E-state index contributed by atoms with van der Waals surface area (Å²) in [6.07, 6.45) is -11.3. The van der Waals surface area contributed by atoms with Crippen molar-refractivity contribution in [2.75, 3.05) is 13.2 Å². The molecular formula is C29H30F2N4O16. The molecule has 4 aliphatic rings. The topological polar surface area (TPSA) is 230 Å². The standard InChI is InChI=1S/C29H30F2N4O16/c1-12(2)22(38)44-9-28(30)18-16(46-26(42)48-18)20(50-28)32-7-5-14(36)34(24(32)40)11-35-15(37)6-8-33(25(35)41)21-17-19(49-27(43)47-17)29(31,51-21)10-45-23(39)13(3)4/h5-8,12-13,16-21H,9-11H2,1-4H3/t16-,17-,18+,19+,20-,21-,28-,29-/m1/s1. The molecule has 4 saturated heterocycles. The number of carbonyl (C=O) groups excluding carboxylic acids is 4. The molecule has 0 aliphatic carbocycles. The molecule has 2 aromatic heterocycles. The van der Waals surface area contributed by atoms with Crippen LogP contribution in [0.4, 0.5) is 18.4 Å². The van der Waals surface area contributed by atoms with E-state index in [0.29, 0.717) is 18.3 Å². The Morgan fingerprint density at radius 1 is 0.686 bits per heavy atom. The van der Waals surface area contributed by atoms with E-state index in [-0.39, 0.29) is 0 Å². The van der Waals surface area contributed by atoms with Gasteiger partial charge in [0, 0.05) is 24.5 Å². The van der Waals surface area contributed by atoms with Gasteiger partial charge in [-0.2, -0.15) is 0 Å². The number of ether oxygens (including phenoxy) is 8. The van der Waals surface area contributed by atoms with Gasteiger partial charge in [-0.3, -0.25) is 28.3 Å². The molecule has 0 amide bonds. The number of hydrogen-bond donors (Lipinski definition) is 0. The number of rotatable bonds is 10. The van der Waals surface area contributed by atoms with Gasteiger partial charge in [0.1, 0.15) is 6.67 Å². The SMILES string of the molecule is CC(C)C(=O)OC[C@@]1(F)O[C@@H](n2ccc(=O)n(Cn3c(=O)ccn([C@@H]4O[C@](F)(COC(=O)C(C)C)[C@H]5OC(=O)O[C@@H]45)c3=O)c2=O)[C@@H]2OC(=O)O[C@@H]21. The normalized spacial score (nSPS) is 30.7. The van der Waals surface area contributed by atoms with Crippen molar-refractivity contribution >= 4 is 24.2 Å².